The molecule has 0 aliphatic rings. The molecule has 2 aromatic carbocycles. The SMILES string of the molecule is Cc1ccc(CC(Cl)c2ccc(Cl)c(Cl)c2)cc1. The second-order valence-corrected chi connectivity index (χ2v) is 5.67. The molecule has 94 valence electrons. The van der Waals surface area contributed by atoms with Crippen LogP contribution in [0.2, 0.25) is 10.0 Å². The van der Waals surface area contributed by atoms with Gasteiger partial charge in [-0.15, -0.1) is 11.6 Å². The van der Waals surface area contributed by atoms with E-state index in [1.165, 1.54) is 11.1 Å². The van der Waals surface area contributed by atoms with Crippen molar-refractivity contribution in [3.8, 4) is 0 Å². The van der Waals surface area contributed by atoms with Gasteiger partial charge in [0.25, 0.3) is 0 Å². The first-order valence-corrected chi connectivity index (χ1v) is 6.90. The highest BCUT2D eigenvalue weighted by molar-refractivity contribution is 6.42. The molecule has 0 aliphatic heterocycles. The summed E-state index contributed by atoms with van der Waals surface area (Å²) in [5.74, 6) is 0. The molecule has 1 atom stereocenters. The lowest BCUT2D eigenvalue weighted by atomic mass is 10.0. The highest BCUT2D eigenvalue weighted by atomic mass is 35.5. The Balaban J connectivity index is 2.13. The Morgan fingerprint density at radius 1 is 0.944 bits per heavy atom. The quantitative estimate of drug-likeness (QED) is 0.626. The van der Waals surface area contributed by atoms with Gasteiger partial charge in [0, 0.05) is 0 Å². The van der Waals surface area contributed by atoms with Gasteiger partial charge in [-0.25, -0.2) is 0 Å². The smallest absolute Gasteiger partial charge is 0.0626 e. The molecule has 0 nitrogen and oxygen atoms in total. The molecule has 0 saturated heterocycles. The molecule has 0 aliphatic carbocycles. The van der Waals surface area contributed by atoms with Crippen LogP contribution in [-0.4, -0.2) is 0 Å². The molecule has 0 heterocycles. The minimum atomic E-state index is -0.0949. The van der Waals surface area contributed by atoms with Gasteiger partial charge in [-0.1, -0.05) is 59.1 Å². The minimum absolute atomic E-state index is 0.0949. The summed E-state index contributed by atoms with van der Waals surface area (Å²) >= 11 is 18.3. The molecule has 2 aromatic rings. The van der Waals surface area contributed by atoms with E-state index in [1.54, 1.807) is 6.07 Å². The van der Waals surface area contributed by atoms with Crippen LogP contribution in [0.25, 0.3) is 0 Å². The predicted molar refractivity (Wildman–Crippen MR) is 79.9 cm³/mol. The molecule has 0 amide bonds. The number of hydrogen-bond donors (Lipinski definition) is 0. The zero-order chi connectivity index (χ0) is 13.1. The van der Waals surface area contributed by atoms with Crippen LogP contribution in [0.15, 0.2) is 42.5 Å². The molecule has 2 rings (SSSR count). The fourth-order valence-electron chi connectivity index (χ4n) is 1.76. The zero-order valence-electron chi connectivity index (χ0n) is 9.96. The monoisotopic (exact) mass is 298 g/mol. The summed E-state index contributed by atoms with van der Waals surface area (Å²) in [6, 6.07) is 13.9. The van der Waals surface area contributed by atoms with Crippen molar-refractivity contribution in [3.05, 3.63) is 69.2 Å². The number of hydrogen-bond acceptors (Lipinski definition) is 0. The number of rotatable bonds is 3. The Morgan fingerprint density at radius 2 is 1.61 bits per heavy atom. The van der Waals surface area contributed by atoms with Gasteiger partial charge >= 0.3 is 0 Å². The second-order valence-electron chi connectivity index (χ2n) is 4.33. The summed E-state index contributed by atoms with van der Waals surface area (Å²) in [4.78, 5) is 0. The van der Waals surface area contributed by atoms with E-state index in [2.05, 4.69) is 31.2 Å². The molecule has 3 heteroatoms. The van der Waals surface area contributed by atoms with Crippen LogP contribution in [0, 0.1) is 6.92 Å². The van der Waals surface area contributed by atoms with Crippen molar-refractivity contribution in [2.24, 2.45) is 0 Å². The lowest BCUT2D eigenvalue weighted by molar-refractivity contribution is 0.919. The normalized spacial score (nSPS) is 12.4. The highest BCUT2D eigenvalue weighted by Gasteiger charge is 2.10. The van der Waals surface area contributed by atoms with Crippen molar-refractivity contribution in [2.75, 3.05) is 0 Å². The molecular formula is C15H13Cl3. The molecule has 18 heavy (non-hydrogen) atoms. The van der Waals surface area contributed by atoms with Gasteiger partial charge in [0.15, 0.2) is 0 Å². The third-order valence-electron chi connectivity index (χ3n) is 2.84. The minimum Gasteiger partial charge on any atom is -0.117 e. The highest BCUT2D eigenvalue weighted by Crippen LogP contribution is 2.30. The lowest BCUT2D eigenvalue weighted by Gasteiger charge is -2.11. The van der Waals surface area contributed by atoms with Crippen LogP contribution in [0.5, 0.6) is 0 Å². The Bertz CT molecular complexity index is 532. The molecule has 0 bridgehead atoms. The second kappa shape index (κ2) is 5.97. The average molecular weight is 300 g/mol. The summed E-state index contributed by atoms with van der Waals surface area (Å²) in [6.07, 6.45) is 0.778. The summed E-state index contributed by atoms with van der Waals surface area (Å²) in [6.45, 7) is 2.07. The fraction of sp³-hybridized carbons (Fsp3) is 0.200. The topological polar surface area (TPSA) is 0 Å². The standard InChI is InChI=1S/C15H13Cl3/c1-10-2-4-11(5-3-10)8-14(17)12-6-7-13(16)15(18)9-12/h2-7,9,14H,8H2,1H3. The van der Waals surface area contributed by atoms with Crippen LogP contribution >= 0.6 is 34.8 Å². The molecule has 1 unspecified atom stereocenters. The van der Waals surface area contributed by atoms with E-state index in [9.17, 15) is 0 Å². The van der Waals surface area contributed by atoms with Gasteiger partial charge in [-0.3, -0.25) is 0 Å². The van der Waals surface area contributed by atoms with Crippen LogP contribution in [0.3, 0.4) is 0 Å². The van der Waals surface area contributed by atoms with Crippen LogP contribution in [-0.2, 0) is 6.42 Å². The lowest BCUT2D eigenvalue weighted by Crippen LogP contribution is -1.96. The van der Waals surface area contributed by atoms with Gasteiger partial charge in [0.2, 0.25) is 0 Å². The van der Waals surface area contributed by atoms with Crippen LogP contribution in [0.1, 0.15) is 22.1 Å². The summed E-state index contributed by atoms with van der Waals surface area (Å²) in [7, 11) is 0. The van der Waals surface area contributed by atoms with Gasteiger partial charge in [0.05, 0.1) is 15.4 Å². The van der Waals surface area contributed by atoms with E-state index >= 15 is 0 Å². The zero-order valence-corrected chi connectivity index (χ0v) is 12.2. The van der Waals surface area contributed by atoms with Crippen molar-refractivity contribution in [1.82, 2.24) is 0 Å². The molecule has 0 saturated carbocycles. The summed E-state index contributed by atoms with van der Waals surface area (Å²) in [5, 5.41) is 1.01. The summed E-state index contributed by atoms with van der Waals surface area (Å²) < 4.78 is 0. The first-order valence-electron chi connectivity index (χ1n) is 5.71. The Kier molecular flexibility index (Phi) is 4.55. The van der Waals surface area contributed by atoms with E-state index in [0.29, 0.717) is 10.0 Å². The van der Waals surface area contributed by atoms with Gasteiger partial charge in [-0.2, -0.15) is 0 Å². The predicted octanol–water partition coefficient (Wildman–Crippen LogP) is 5.82. The van der Waals surface area contributed by atoms with Gasteiger partial charge < -0.3 is 0 Å². The Labute approximate surface area is 122 Å². The van der Waals surface area contributed by atoms with E-state index in [1.807, 2.05) is 12.1 Å². The number of halogens is 3. The Morgan fingerprint density at radius 3 is 2.22 bits per heavy atom. The maximum atomic E-state index is 6.40. The maximum Gasteiger partial charge on any atom is 0.0626 e. The molecule has 0 N–H and O–H groups in total. The van der Waals surface area contributed by atoms with Crippen molar-refractivity contribution in [2.45, 2.75) is 18.7 Å². The molecule has 0 radical (unpaired) electrons. The van der Waals surface area contributed by atoms with Gasteiger partial charge in [-0.05, 0) is 36.6 Å². The number of aryl methyl sites for hydroxylation is 1. The van der Waals surface area contributed by atoms with Crippen molar-refractivity contribution >= 4 is 34.8 Å². The van der Waals surface area contributed by atoms with Crippen LogP contribution in [0.4, 0.5) is 0 Å². The largest absolute Gasteiger partial charge is 0.117 e. The van der Waals surface area contributed by atoms with Crippen molar-refractivity contribution in [1.29, 1.82) is 0 Å². The van der Waals surface area contributed by atoms with Crippen molar-refractivity contribution in [3.63, 3.8) is 0 Å². The van der Waals surface area contributed by atoms with E-state index in [4.69, 9.17) is 34.8 Å². The first-order chi connectivity index (χ1) is 8.56. The Hall–Kier alpha value is -0.690. The average Bonchev–Trinajstić information content (AvgIpc) is 2.35. The number of alkyl halides is 1. The summed E-state index contributed by atoms with van der Waals surface area (Å²) in [5.41, 5.74) is 3.46. The van der Waals surface area contributed by atoms with E-state index in [0.717, 1.165) is 12.0 Å². The third-order valence-corrected chi connectivity index (χ3v) is 3.99. The van der Waals surface area contributed by atoms with E-state index < -0.39 is 0 Å². The maximum absolute atomic E-state index is 6.40. The van der Waals surface area contributed by atoms with Crippen molar-refractivity contribution < 1.29 is 0 Å². The molecular weight excluding hydrogens is 287 g/mol. The molecule has 0 fully saturated rings. The molecule has 0 aromatic heterocycles. The first kappa shape index (κ1) is 13.7. The third kappa shape index (κ3) is 3.41. The fourth-order valence-corrected chi connectivity index (χ4v) is 2.38. The number of benzene rings is 2. The van der Waals surface area contributed by atoms with Gasteiger partial charge in [0.1, 0.15) is 0 Å². The molecule has 0 spiro atoms. The van der Waals surface area contributed by atoms with E-state index in [-0.39, 0.29) is 5.38 Å². The van der Waals surface area contributed by atoms with Crippen LogP contribution < -0.4 is 0 Å².